The third-order valence-electron chi connectivity index (χ3n) is 4.30. The molecule has 2 heterocycles. The molecule has 1 N–H and O–H groups in total. The molecule has 3 aromatic rings. The number of benzene rings is 1. The van der Waals surface area contributed by atoms with Crippen LogP contribution in [0.25, 0.3) is 15.8 Å². The van der Waals surface area contributed by atoms with Gasteiger partial charge in [-0.3, -0.25) is 9.36 Å². The van der Waals surface area contributed by atoms with Gasteiger partial charge in [-0.05, 0) is 29.7 Å². The molecule has 0 fully saturated rings. The Hall–Kier alpha value is -3.20. The van der Waals surface area contributed by atoms with Gasteiger partial charge >= 0.3 is 18.0 Å². The molecule has 0 aliphatic heterocycles. The summed E-state index contributed by atoms with van der Waals surface area (Å²) in [7, 11) is -3.26. The molecular weight excluding hydrogens is 465 g/mol. The van der Waals surface area contributed by atoms with Crippen molar-refractivity contribution < 1.29 is 31.5 Å². The Morgan fingerprint density at radius 2 is 1.90 bits per heavy atom. The predicted octanol–water partition coefficient (Wildman–Crippen LogP) is 1.60. The van der Waals surface area contributed by atoms with E-state index < -0.39 is 45.8 Å². The maximum atomic E-state index is 13.0. The first-order valence-electron chi connectivity index (χ1n) is 8.21. The fraction of sp³-hybridized carbons (Fsp3) is 0.250. The molecule has 0 spiro atoms. The van der Waals surface area contributed by atoms with Gasteiger partial charge in [0.2, 0.25) is 10.0 Å². The molecule has 0 atom stereocenters. The molecule has 3 rings (SSSR count). The lowest BCUT2D eigenvalue weighted by molar-refractivity contribution is -0.144. The van der Waals surface area contributed by atoms with E-state index in [9.17, 15) is 36.0 Å². The minimum Gasteiger partial charge on any atom is -0.464 e. The van der Waals surface area contributed by atoms with Crippen molar-refractivity contribution in [3.8, 4) is 5.69 Å². The number of rotatable bonds is 4. The van der Waals surface area contributed by atoms with Gasteiger partial charge in [-0.25, -0.2) is 22.6 Å². The number of hydrogen-bond acceptors (Lipinski definition) is 7. The minimum absolute atomic E-state index is 0.0338. The average molecular weight is 478 g/mol. The highest BCUT2D eigenvalue weighted by atomic mass is 32.2. The van der Waals surface area contributed by atoms with Crippen LogP contribution in [0.15, 0.2) is 33.9 Å². The summed E-state index contributed by atoms with van der Waals surface area (Å²) in [5.74, 6) is 0. The number of nitrogens with zero attached hydrogens (tertiary/aromatic N) is 4. The van der Waals surface area contributed by atoms with Crippen molar-refractivity contribution in [1.29, 1.82) is 0 Å². The van der Waals surface area contributed by atoms with E-state index in [-0.39, 0.29) is 31.7 Å². The normalized spacial score (nSPS) is 12.3. The number of carbonyl (C=O) groups is 1. The minimum atomic E-state index is -4.91. The summed E-state index contributed by atoms with van der Waals surface area (Å²) < 4.78 is 68.0. The van der Waals surface area contributed by atoms with Crippen LogP contribution in [0.4, 0.5) is 18.0 Å². The molecule has 2 aromatic heterocycles. The zero-order valence-electron chi connectivity index (χ0n) is 15.7. The maximum absolute atomic E-state index is 13.0. The molecule has 0 unspecified atom stereocenters. The van der Waals surface area contributed by atoms with Crippen LogP contribution in [-0.2, 0) is 29.8 Å². The van der Waals surface area contributed by atoms with E-state index in [2.05, 4.69) is 4.37 Å². The maximum Gasteiger partial charge on any atom is 0.431 e. The molecule has 1 amide bonds. The van der Waals surface area contributed by atoms with E-state index in [4.69, 9.17) is 5.11 Å². The van der Waals surface area contributed by atoms with Gasteiger partial charge in [0.15, 0.2) is 0 Å². The van der Waals surface area contributed by atoms with Gasteiger partial charge in [0.1, 0.15) is 5.69 Å². The van der Waals surface area contributed by atoms with Crippen molar-refractivity contribution in [3.05, 3.63) is 56.5 Å². The standard InChI is InChI=1S/C16H13F3N4O6S2/c1-21-12(16(17,18)19)6-13(24)23(14(21)25)8-3-4-11-9(5-8)10(20-30-11)7-22(15(26)27)31(2,28)29/h3-6H,7H2,1-2H3,(H,26,27). The zero-order valence-corrected chi connectivity index (χ0v) is 17.4. The number of fused-ring (bicyclic) bond motifs is 1. The average Bonchev–Trinajstić information content (AvgIpc) is 3.03. The van der Waals surface area contributed by atoms with Gasteiger partial charge in [-0.2, -0.15) is 21.9 Å². The van der Waals surface area contributed by atoms with Crippen molar-refractivity contribution in [2.24, 2.45) is 7.05 Å². The summed E-state index contributed by atoms with van der Waals surface area (Å²) in [4.78, 5) is 36.0. The van der Waals surface area contributed by atoms with Crippen LogP contribution in [-0.4, -0.2) is 43.7 Å². The summed E-state index contributed by atoms with van der Waals surface area (Å²) in [6.07, 6.45) is -5.94. The van der Waals surface area contributed by atoms with Crippen molar-refractivity contribution in [1.82, 2.24) is 17.8 Å². The first kappa shape index (κ1) is 22.5. The van der Waals surface area contributed by atoms with E-state index in [0.29, 0.717) is 15.5 Å². The number of alkyl halides is 3. The van der Waals surface area contributed by atoms with Crippen LogP contribution in [0.1, 0.15) is 11.4 Å². The number of carboxylic acid groups (broad SMARTS) is 1. The topological polar surface area (TPSA) is 132 Å². The Balaban J connectivity index is 2.18. The van der Waals surface area contributed by atoms with Crippen molar-refractivity contribution in [2.45, 2.75) is 12.7 Å². The Kier molecular flexibility index (Phi) is 5.43. The molecule has 0 aliphatic rings. The Morgan fingerprint density at radius 3 is 2.45 bits per heavy atom. The summed E-state index contributed by atoms with van der Waals surface area (Å²) >= 11 is 0.916. The van der Waals surface area contributed by atoms with E-state index in [1.54, 1.807) is 0 Å². The van der Waals surface area contributed by atoms with Crippen LogP contribution >= 0.6 is 11.5 Å². The van der Waals surface area contributed by atoms with Crippen molar-refractivity contribution in [2.75, 3.05) is 6.26 Å². The second kappa shape index (κ2) is 7.49. The van der Waals surface area contributed by atoms with E-state index in [1.807, 2.05) is 0 Å². The molecule has 15 heteroatoms. The summed E-state index contributed by atoms with van der Waals surface area (Å²) in [5.41, 5.74) is -3.93. The highest BCUT2D eigenvalue weighted by Gasteiger charge is 2.35. The largest absolute Gasteiger partial charge is 0.464 e. The van der Waals surface area contributed by atoms with Gasteiger partial charge in [-0.1, -0.05) is 0 Å². The number of amides is 1. The third kappa shape index (κ3) is 4.18. The van der Waals surface area contributed by atoms with Crippen molar-refractivity contribution >= 4 is 37.7 Å². The fourth-order valence-corrected chi connectivity index (χ4v) is 4.24. The lowest BCUT2D eigenvalue weighted by Crippen LogP contribution is -2.40. The fourth-order valence-electron chi connectivity index (χ4n) is 2.83. The molecule has 0 aliphatic carbocycles. The summed E-state index contributed by atoms with van der Waals surface area (Å²) in [6, 6.07) is 4.29. The van der Waals surface area contributed by atoms with Gasteiger partial charge in [0.25, 0.3) is 5.56 Å². The predicted molar refractivity (Wildman–Crippen MR) is 104 cm³/mol. The van der Waals surface area contributed by atoms with Crippen LogP contribution in [0, 0.1) is 0 Å². The number of hydrogen-bond donors (Lipinski definition) is 1. The Morgan fingerprint density at radius 1 is 1.26 bits per heavy atom. The van der Waals surface area contributed by atoms with E-state index in [1.165, 1.54) is 18.2 Å². The molecule has 1 aromatic carbocycles. The Bertz CT molecular complexity index is 1420. The molecule has 0 bridgehead atoms. The summed E-state index contributed by atoms with van der Waals surface area (Å²) in [5, 5.41) is 9.39. The van der Waals surface area contributed by atoms with Crippen LogP contribution in [0.2, 0.25) is 0 Å². The van der Waals surface area contributed by atoms with Gasteiger partial charge in [-0.15, -0.1) is 0 Å². The van der Waals surface area contributed by atoms with Crippen LogP contribution < -0.4 is 11.2 Å². The molecule has 0 radical (unpaired) electrons. The molecule has 166 valence electrons. The van der Waals surface area contributed by atoms with E-state index >= 15 is 0 Å². The number of halogens is 3. The summed E-state index contributed by atoms with van der Waals surface area (Å²) in [6.45, 7) is -0.627. The molecule has 10 nitrogen and oxygen atoms in total. The molecular formula is C16H13F3N4O6S2. The number of aromatic nitrogens is 3. The lowest BCUT2D eigenvalue weighted by atomic mass is 10.2. The smallest absolute Gasteiger partial charge is 0.431 e. The quantitative estimate of drug-likeness (QED) is 0.603. The number of sulfonamides is 1. The monoisotopic (exact) mass is 478 g/mol. The van der Waals surface area contributed by atoms with Crippen molar-refractivity contribution in [3.63, 3.8) is 0 Å². The lowest BCUT2D eigenvalue weighted by Gasteiger charge is -2.15. The SMILES string of the molecule is Cn1c(C(F)(F)F)cc(=O)n(-c2ccc3snc(CN(C(=O)O)S(C)(=O)=O)c3c2)c1=O. The van der Waals surface area contributed by atoms with Gasteiger partial charge in [0.05, 0.1) is 28.9 Å². The van der Waals surface area contributed by atoms with Crippen LogP contribution in [0.3, 0.4) is 0 Å². The van der Waals surface area contributed by atoms with Crippen LogP contribution in [0.5, 0.6) is 0 Å². The van der Waals surface area contributed by atoms with Gasteiger partial charge < -0.3 is 5.11 Å². The second-order valence-corrected chi connectivity index (χ2v) is 9.12. The third-order valence-corrected chi connectivity index (χ3v) is 6.25. The Labute approximate surface area is 175 Å². The zero-order chi connectivity index (χ0) is 23.3. The molecule has 0 saturated carbocycles. The highest BCUT2D eigenvalue weighted by Crippen LogP contribution is 2.28. The first-order valence-corrected chi connectivity index (χ1v) is 10.8. The van der Waals surface area contributed by atoms with E-state index in [0.717, 1.165) is 18.6 Å². The molecule has 31 heavy (non-hydrogen) atoms. The first-order chi connectivity index (χ1) is 14.2. The second-order valence-electron chi connectivity index (χ2n) is 6.40. The molecule has 0 saturated heterocycles. The van der Waals surface area contributed by atoms with Gasteiger partial charge in [0, 0.05) is 18.5 Å². The highest BCUT2D eigenvalue weighted by molar-refractivity contribution is 7.88.